The van der Waals surface area contributed by atoms with E-state index in [1.807, 2.05) is 12.1 Å². The molecule has 126 valence electrons. The van der Waals surface area contributed by atoms with Crippen molar-refractivity contribution in [3.8, 4) is 0 Å². The Kier molecular flexibility index (Phi) is 4.51. The second-order valence-electron chi connectivity index (χ2n) is 7.28. The van der Waals surface area contributed by atoms with Crippen LogP contribution in [-0.4, -0.2) is 37.6 Å². The van der Waals surface area contributed by atoms with Crippen LogP contribution in [0, 0.1) is 12.8 Å². The highest BCUT2D eigenvalue weighted by atomic mass is 35.5. The monoisotopic (exact) mass is 340 g/mol. The van der Waals surface area contributed by atoms with Crippen molar-refractivity contribution in [3.05, 3.63) is 64.7 Å². The topological polar surface area (TPSA) is 6.48 Å². The number of benzene rings is 2. The molecule has 2 atom stereocenters. The summed E-state index contributed by atoms with van der Waals surface area (Å²) in [6.07, 6.45) is 1.33. The van der Waals surface area contributed by atoms with Gasteiger partial charge in [-0.3, -0.25) is 4.90 Å². The standard InChI is InChI=1S/C21H25ClN2/c1-16-2-8-20(9-3-16)24-12-10-23(11-13-24)15-18-14-21(18)17-4-6-19(22)7-5-17/h2-9,18,21H,10-15H2,1H3/t18-,21-/m1/s1. The lowest BCUT2D eigenvalue weighted by Crippen LogP contribution is -2.47. The molecule has 1 heterocycles. The molecule has 1 aliphatic carbocycles. The van der Waals surface area contributed by atoms with E-state index in [0.29, 0.717) is 0 Å². The molecule has 0 unspecified atom stereocenters. The van der Waals surface area contributed by atoms with Crippen LogP contribution in [0.1, 0.15) is 23.5 Å². The lowest BCUT2D eigenvalue weighted by atomic mass is 10.1. The van der Waals surface area contributed by atoms with Gasteiger partial charge in [0, 0.05) is 43.4 Å². The molecule has 1 saturated heterocycles. The second kappa shape index (κ2) is 6.78. The molecule has 0 radical (unpaired) electrons. The van der Waals surface area contributed by atoms with E-state index in [9.17, 15) is 0 Å². The number of hydrogen-bond acceptors (Lipinski definition) is 2. The van der Waals surface area contributed by atoms with Gasteiger partial charge in [0.2, 0.25) is 0 Å². The number of rotatable bonds is 4. The summed E-state index contributed by atoms with van der Waals surface area (Å²) in [6, 6.07) is 17.4. The molecule has 0 N–H and O–H groups in total. The van der Waals surface area contributed by atoms with Gasteiger partial charge in [0.05, 0.1) is 0 Å². The van der Waals surface area contributed by atoms with Crippen molar-refractivity contribution in [3.63, 3.8) is 0 Å². The Labute approximate surface area is 150 Å². The van der Waals surface area contributed by atoms with Crippen LogP contribution < -0.4 is 4.90 Å². The third kappa shape index (κ3) is 3.60. The van der Waals surface area contributed by atoms with E-state index in [2.05, 4.69) is 53.1 Å². The molecular formula is C21H25ClN2. The number of aryl methyl sites for hydroxylation is 1. The number of piperazine rings is 1. The van der Waals surface area contributed by atoms with Crippen LogP contribution in [0.15, 0.2) is 48.5 Å². The van der Waals surface area contributed by atoms with Crippen LogP contribution in [0.2, 0.25) is 5.02 Å². The van der Waals surface area contributed by atoms with Crippen LogP contribution in [0.5, 0.6) is 0 Å². The Bertz CT molecular complexity index is 672. The fraction of sp³-hybridized carbons (Fsp3) is 0.429. The summed E-state index contributed by atoms with van der Waals surface area (Å²) in [4.78, 5) is 5.16. The predicted octanol–water partition coefficient (Wildman–Crippen LogP) is 4.57. The SMILES string of the molecule is Cc1ccc(N2CCN(C[C@H]3C[C@@H]3c3ccc(Cl)cc3)CC2)cc1. The molecule has 2 nitrogen and oxygen atoms in total. The van der Waals surface area contributed by atoms with E-state index < -0.39 is 0 Å². The van der Waals surface area contributed by atoms with E-state index in [1.165, 1.54) is 42.9 Å². The maximum absolute atomic E-state index is 5.99. The summed E-state index contributed by atoms with van der Waals surface area (Å²) < 4.78 is 0. The largest absolute Gasteiger partial charge is 0.369 e. The molecule has 4 rings (SSSR count). The zero-order chi connectivity index (χ0) is 16.5. The summed E-state index contributed by atoms with van der Waals surface area (Å²) in [6.45, 7) is 8.03. The van der Waals surface area contributed by atoms with Crippen molar-refractivity contribution in [2.75, 3.05) is 37.6 Å². The minimum atomic E-state index is 0.748. The van der Waals surface area contributed by atoms with E-state index in [1.54, 1.807) is 0 Å². The predicted molar refractivity (Wildman–Crippen MR) is 102 cm³/mol. The summed E-state index contributed by atoms with van der Waals surface area (Å²) in [5, 5.41) is 0.836. The summed E-state index contributed by atoms with van der Waals surface area (Å²) >= 11 is 5.99. The molecule has 0 amide bonds. The van der Waals surface area contributed by atoms with Crippen molar-refractivity contribution in [2.24, 2.45) is 5.92 Å². The molecule has 0 aromatic heterocycles. The first-order valence-electron chi connectivity index (χ1n) is 8.98. The van der Waals surface area contributed by atoms with E-state index in [0.717, 1.165) is 29.9 Å². The Morgan fingerprint density at radius 3 is 2.25 bits per heavy atom. The minimum absolute atomic E-state index is 0.748. The average molecular weight is 341 g/mol. The normalized spacial score (nSPS) is 24.2. The maximum atomic E-state index is 5.99. The minimum Gasteiger partial charge on any atom is -0.369 e. The fourth-order valence-electron chi connectivity index (χ4n) is 3.84. The second-order valence-corrected chi connectivity index (χ2v) is 7.71. The van der Waals surface area contributed by atoms with Gasteiger partial charge in [0.1, 0.15) is 0 Å². The van der Waals surface area contributed by atoms with Crippen LogP contribution in [-0.2, 0) is 0 Å². The molecule has 2 fully saturated rings. The Morgan fingerprint density at radius 1 is 0.917 bits per heavy atom. The molecule has 3 heteroatoms. The zero-order valence-corrected chi connectivity index (χ0v) is 15.0. The van der Waals surface area contributed by atoms with Crippen LogP contribution in [0.25, 0.3) is 0 Å². The smallest absolute Gasteiger partial charge is 0.0406 e. The molecule has 0 spiro atoms. The first-order chi connectivity index (χ1) is 11.7. The van der Waals surface area contributed by atoms with Crippen molar-refractivity contribution in [1.29, 1.82) is 0 Å². The highest BCUT2D eigenvalue weighted by molar-refractivity contribution is 6.30. The van der Waals surface area contributed by atoms with E-state index >= 15 is 0 Å². The number of hydrogen-bond donors (Lipinski definition) is 0. The summed E-state index contributed by atoms with van der Waals surface area (Å²) in [7, 11) is 0. The van der Waals surface area contributed by atoms with Gasteiger partial charge in [-0.25, -0.2) is 0 Å². The number of anilines is 1. The maximum Gasteiger partial charge on any atom is 0.0406 e. The van der Waals surface area contributed by atoms with Gasteiger partial charge >= 0.3 is 0 Å². The quantitative estimate of drug-likeness (QED) is 0.804. The van der Waals surface area contributed by atoms with Gasteiger partial charge in [-0.2, -0.15) is 0 Å². The first-order valence-corrected chi connectivity index (χ1v) is 9.36. The van der Waals surface area contributed by atoms with Gasteiger partial charge in [-0.15, -0.1) is 0 Å². The van der Waals surface area contributed by atoms with Crippen molar-refractivity contribution >= 4 is 17.3 Å². The van der Waals surface area contributed by atoms with Gasteiger partial charge < -0.3 is 4.90 Å². The zero-order valence-electron chi connectivity index (χ0n) is 14.3. The third-order valence-electron chi connectivity index (χ3n) is 5.48. The average Bonchev–Trinajstić information content (AvgIpc) is 3.36. The fourth-order valence-corrected chi connectivity index (χ4v) is 3.97. The Balaban J connectivity index is 1.27. The van der Waals surface area contributed by atoms with Crippen molar-refractivity contribution in [2.45, 2.75) is 19.3 Å². The van der Waals surface area contributed by atoms with E-state index in [-0.39, 0.29) is 0 Å². The molecule has 2 aromatic rings. The van der Waals surface area contributed by atoms with Gasteiger partial charge in [0.15, 0.2) is 0 Å². The van der Waals surface area contributed by atoms with Gasteiger partial charge in [-0.1, -0.05) is 41.4 Å². The summed E-state index contributed by atoms with van der Waals surface area (Å²) in [5.41, 5.74) is 4.16. The lowest BCUT2D eigenvalue weighted by Gasteiger charge is -2.36. The van der Waals surface area contributed by atoms with Crippen molar-refractivity contribution in [1.82, 2.24) is 4.90 Å². The molecule has 24 heavy (non-hydrogen) atoms. The molecule has 0 bridgehead atoms. The van der Waals surface area contributed by atoms with Crippen LogP contribution >= 0.6 is 11.6 Å². The number of halogens is 1. The van der Waals surface area contributed by atoms with Crippen molar-refractivity contribution < 1.29 is 0 Å². The molecule has 1 saturated carbocycles. The highest BCUT2D eigenvalue weighted by Gasteiger charge is 2.39. The first kappa shape index (κ1) is 16.0. The molecule has 2 aromatic carbocycles. The highest BCUT2D eigenvalue weighted by Crippen LogP contribution is 2.48. The van der Waals surface area contributed by atoms with Gasteiger partial charge in [-0.05, 0) is 55.0 Å². The van der Waals surface area contributed by atoms with Gasteiger partial charge in [0.25, 0.3) is 0 Å². The van der Waals surface area contributed by atoms with E-state index in [4.69, 9.17) is 11.6 Å². The van der Waals surface area contributed by atoms with Crippen LogP contribution in [0.4, 0.5) is 5.69 Å². The summed E-state index contributed by atoms with van der Waals surface area (Å²) in [5.74, 6) is 1.58. The third-order valence-corrected chi connectivity index (χ3v) is 5.74. The molecular weight excluding hydrogens is 316 g/mol. The Morgan fingerprint density at radius 2 is 1.58 bits per heavy atom. The Hall–Kier alpha value is -1.51. The molecule has 1 aliphatic heterocycles. The van der Waals surface area contributed by atoms with Crippen LogP contribution in [0.3, 0.4) is 0 Å². The molecule has 2 aliphatic rings. The lowest BCUT2D eigenvalue weighted by molar-refractivity contribution is 0.246. The number of nitrogens with zero attached hydrogens (tertiary/aromatic N) is 2.